The average Bonchev–Trinajstić information content (AvgIpc) is 3.31. The van der Waals surface area contributed by atoms with Crippen molar-refractivity contribution >= 4 is 11.6 Å². The number of nitrogens with one attached hydrogen (secondary N) is 1. The summed E-state index contributed by atoms with van der Waals surface area (Å²) < 4.78 is 7.09. The Balaban J connectivity index is 1.51. The molecule has 4 aromatic rings. The highest BCUT2D eigenvalue weighted by molar-refractivity contribution is 5.94. The Morgan fingerprint density at radius 3 is 2.50 bits per heavy atom. The van der Waals surface area contributed by atoms with Gasteiger partial charge >= 0.3 is 5.97 Å². The van der Waals surface area contributed by atoms with Crippen LogP contribution in [0.15, 0.2) is 65.6 Å². The first-order valence-electron chi connectivity index (χ1n) is 11.7. The first-order chi connectivity index (χ1) is 16.6. The van der Waals surface area contributed by atoms with Gasteiger partial charge < -0.3 is 14.8 Å². The highest BCUT2D eigenvalue weighted by Crippen LogP contribution is 2.30. The van der Waals surface area contributed by atoms with Crippen LogP contribution in [0.5, 0.6) is 5.75 Å². The summed E-state index contributed by atoms with van der Waals surface area (Å²) in [4.78, 5) is 28.3. The second-order valence-corrected chi connectivity index (χ2v) is 8.91. The molecule has 7 nitrogen and oxygen atoms in total. The molecule has 1 aliphatic rings. The van der Waals surface area contributed by atoms with E-state index in [-0.39, 0.29) is 16.8 Å². The smallest absolute Gasteiger partial charge is 0.341 e. The van der Waals surface area contributed by atoms with Crippen LogP contribution >= 0.6 is 0 Å². The van der Waals surface area contributed by atoms with Crippen molar-refractivity contribution in [1.29, 1.82) is 0 Å². The predicted molar refractivity (Wildman–Crippen MR) is 129 cm³/mol. The number of aromatic carboxylic acids is 1. The van der Waals surface area contributed by atoms with Gasteiger partial charge in [0, 0.05) is 5.56 Å². The van der Waals surface area contributed by atoms with Crippen LogP contribution < -0.4 is 10.3 Å². The van der Waals surface area contributed by atoms with Crippen molar-refractivity contribution in [2.45, 2.75) is 45.1 Å². The highest BCUT2D eigenvalue weighted by Gasteiger charge is 2.23. The van der Waals surface area contributed by atoms with Gasteiger partial charge in [-0.05, 0) is 47.7 Å². The van der Waals surface area contributed by atoms with Crippen LogP contribution in [0, 0.1) is 5.92 Å². The van der Waals surface area contributed by atoms with Gasteiger partial charge in [-0.3, -0.25) is 4.79 Å². The van der Waals surface area contributed by atoms with Crippen molar-refractivity contribution < 1.29 is 14.6 Å². The van der Waals surface area contributed by atoms with Crippen LogP contribution in [-0.2, 0) is 13.0 Å². The largest absolute Gasteiger partial charge is 0.489 e. The number of aromatic amines is 1. The molecular formula is C27H27N3O4. The summed E-state index contributed by atoms with van der Waals surface area (Å²) in [5.41, 5.74) is 3.12. The molecule has 5 rings (SSSR count). The molecule has 1 fully saturated rings. The van der Waals surface area contributed by atoms with Gasteiger partial charge in [-0.25, -0.2) is 4.79 Å². The SMILES string of the molecule is O=C(O)c1cnn2c(=O)c(CC3CCCCC3)c(-c3ccc(OCc4ccccc4)cc3)[nH]c12. The number of carboxylic acids is 1. The van der Waals surface area contributed by atoms with Crippen molar-refractivity contribution in [2.24, 2.45) is 5.92 Å². The van der Waals surface area contributed by atoms with Gasteiger partial charge in [-0.1, -0.05) is 62.4 Å². The molecule has 34 heavy (non-hydrogen) atoms. The maximum absolute atomic E-state index is 13.4. The number of benzene rings is 2. The molecule has 2 aromatic heterocycles. The fraction of sp³-hybridized carbons (Fsp3) is 0.296. The van der Waals surface area contributed by atoms with E-state index < -0.39 is 5.97 Å². The van der Waals surface area contributed by atoms with E-state index in [0.717, 1.165) is 29.7 Å². The minimum atomic E-state index is -1.12. The molecule has 0 spiro atoms. The Labute approximate surface area is 197 Å². The van der Waals surface area contributed by atoms with E-state index in [1.54, 1.807) is 0 Å². The number of aromatic nitrogens is 3. The molecule has 174 valence electrons. The Bertz CT molecular complexity index is 1350. The van der Waals surface area contributed by atoms with Crippen LogP contribution in [-0.4, -0.2) is 25.7 Å². The molecule has 2 aromatic carbocycles. The Kier molecular flexibility index (Phi) is 6.16. The van der Waals surface area contributed by atoms with E-state index in [9.17, 15) is 14.7 Å². The molecule has 0 saturated heterocycles. The minimum Gasteiger partial charge on any atom is -0.489 e. The van der Waals surface area contributed by atoms with Crippen molar-refractivity contribution in [3.63, 3.8) is 0 Å². The van der Waals surface area contributed by atoms with Crippen LogP contribution in [0.3, 0.4) is 0 Å². The van der Waals surface area contributed by atoms with Gasteiger partial charge in [0.25, 0.3) is 5.56 Å². The molecule has 0 aliphatic heterocycles. The lowest BCUT2D eigenvalue weighted by Crippen LogP contribution is -2.24. The van der Waals surface area contributed by atoms with Gasteiger partial charge in [0.1, 0.15) is 17.9 Å². The fourth-order valence-corrected chi connectivity index (χ4v) is 4.78. The summed E-state index contributed by atoms with van der Waals surface area (Å²) in [5, 5.41) is 13.6. The molecule has 1 saturated carbocycles. The molecule has 7 heteroatoms. The highest BCUT2D eigenvalue weighted by atomic mass is 16.5. The first-order valence-corrected chi connectivity index (χ1v) is 11.7. The van der Waals surface area contributed by atoms with Gasteiger partial charge in [-0.15, -0.1) is 0 Å². The van der Waals surface area contributed by atoms with E-state index in [2.05, 4.69) is 10.1 Å². The van der Waals surface area contributed by atoms with Crippen LogP contribution in [0.4, 0.5) is 0 Å². The summed E-state index contributed by atoms with van der Waals surface area (Å²) in [6.45, 7) is 0.466. The fourth-order valence-electron chi connectivity index (χ4n) is 4.78. The molecular weight excluding hydrogens is 430 g/mol. The number of hydrogen-bond donors (Lipinski definition) is 2. The third kappa shape index (κ3) is 4.46. The molecule has 0 bridgehead atoms. The number of carboxylic acid groups (broad SMARTS) is 1. The molecule has 0 atom stereocenters. The third-order valence-corrected chi connectivity index (χ3v) is 6.60. The Morgan fingerprint density at radius 1 is 1.06 bits per heavy atom. The summed E-state index contributed by atoms with van der Waals surface area (Å²) in [5.74, 6) is 0.0377. The predicted octanol–water partition coefficient (Wildman–Crippen LogP) is 5.09. The average molecular weight is 458 g/mol. The number of ether oxygens (including phenoxy) is 1. The normalized spacial score (nSPS) is 14.4. The topological polar surface area (TPSA) is 96.7 Å². The molecule has 0 amide bonds. The van der Waals surface area contributed by atoms with Gasteiger partial charge in [0.15, 0.2) is 5.65 Å². The van der Waals surface area contributed by atoms with Crippen molar-refractivity contribution in [2.75, 3.05) is 0 Å². The lowest BCUT2D eigenvalue weighted by Gasteiger charge is -2.22. The van der Waals surface area contributed by atoms with Crippen molar-refractivity contribution in [3.05, 3.63) is 87.8 Å². The van der Waals surface area contributed by atoms with Crippen LogP contribution in [0.1, 0.15) is 53.6 Å². The lowest BCUT2D eigenvalue weighted by atomic mass is 9.84. The lowest BCUT2D eigenvalue weighted by molar-refractivity contribution is 0.0698. The molecule has 0 unspecified atom stereocenters. The third-order valence-electron chi connectivity index (χ3n) is 6.60. The molecule has 2 N–H and O–H groups in total. The minimum absolute atomic E-state index is 0.0228. The zero-order chi connectivity index (χ0) is 23.5. The van der Waals surface area contributed by atoms with Crippen molar-refractivity contribution in [3.8, 4) is 17.0 Å². The van der Waals surface area contributed by atoms with E-state index in [0.29, 0.717) is 30.2 Å². The summed E-state index contributed by atoms with van der Waals surface area (Å²) in [7, 11) is 0. The number of nitrogens with zero attached hydrogens (tertiary/aromatic N) is 2. The molecule has 0 radical (unpaired) electrons. The summed E-state index contributed by atoms with van der Waals surface area (Å²) in [6.07, 6.45) is 7.67. The first kappa shape index (κ1) is 21.9. The Morgan fingerprint density at radius 2 is 1.79 bits per heavy atom. The van der Waals surface area contributed by atoms with E-state index in [1.807, 2.05) is 54.6 Å². The molecule has 2 heterocycles. The number of H-pyrrole nitrogens is 1. The van der Waals surface area contributed by atoms with E-state index in [1.165, 1.54) is 30.0 Å². The standard InChI is InChI=1S/C27H27N3O4/c31-26-22(15-18-7-3-1-4-8-18)24(29-25-23(27(32)33)16-28-30(25)26)20-11-13-21(14-12-20)34-17-19-9-5-2-6-10-19/h2,5-6,9-14,16,18,29H,1,3-4,7-8,15,17H2,(H,32,33). The van der Waals surface area contributed by atoms with E-state index >= 15 is 0 Å². The maximum Gasteiger partial charge on any atom is 0.341 e. The zero-order valence-electron chi connectivity index (χ0n) is 18.9. The number of carbonyl (C=O) groups is 1. The zero-order valence-corrected chi connectivity index (χ0v) is 18.9. The van der Waals surface area contributed by atoms with Gasteiger partial charge in [0.05, 0.1) is 11.9 Å². The van der Waals surface area contributed by atoms with Gasteiger partial charge in [-0.2, -0.15) is 9.61 Å². The second kappa shape index (κ2) is 9.55. The summed E-state index contributed by atoms with van der Waals surface area (Å²) in [6, 6.07) is 17.5. The number of fused-ring (bicyclic) bond motifs is 1. The Hall–Kier alpha value is -3.87. The van der Waals surface area contributed by atoms with Gasteiger partial charge in [0.2, 0.25) is 0 Å². The number of rotatable bonds is 7. The van der Waals surface area contributed by atoms with Crippen LogP contribution in [0.25, 0.3) is 16.9 Å². The quantitative estimate of drug-likeness (QED) is 0.403. The van der Waals surface area contributed by atoms with E-state index in [4.69, 9.17) is 4.74 Å². The molecule has 1 aliphatic carbocycles. The van der Waals surface area contributed by atoms with Crippen molar-refractivity contribution in [1.82, 2.24) is 14.6 Å². The maximum atomic E-state index is 13.4. The monoisotopic (exact) mass is 457 g/mol. The number of hydrogen-bond acceptors (Lipinski definition) is 4. The van der Waals surface area contributed by atoms with Crippen LogP contribution in [0.2, 0.25) is 0 Å². The second-order valence-electron chi connectivity index (χ2n) is 8.91. The summed E-state index contributed by atoms with van der Waals surface area (Å²) >= 11 is 0.